The molecule has 3 nitrogen and oxygen atoms in total. The molecule has 2 N–H and O–H groups in total. The van der Waals surface area contributed by atoms with Crippen molar-refractivity contribution >= 4 is 0 Å². The fourth-order valence-electron chi connectivity index (χ4n) is 3.13. The molecule has 2 atom stereocenters. The SMILES string of the molecule is CCN1CCC(N)C(N(Cc2ccccc2)C(C)C)C1. The second kappa shape index (κ2) is 7.21. The third-order valence-corrected chi connectivity index (χ3v) is 4.46. The molecule has 0 saturated carbocycles. The molecule has 0 amide bonds. The van der Waals surface area contributed by atoms with Crippen molar-refractivity contribution in [1.29, 1.82) is 0 Å². The van der Waals surface area contributed by atoms with E-state index >= 15 is 0 Å². The molecule has 1 aromatic carbocycles. The summed E-state index contributed by atoms with van der Waals surface area (Å²) in [6.07, 6.45) is 1.11. The maximum atomic E-state index is 6.42. The van der Waals surface area contributed by atoms with Crippen LogP contribution in [0.25, 0.3) is 0 Å². The van der Waals surface area contributed by atoms with E-state index in [0.29, 0.717) is 18.1 Å². The van der Waals surface area contributed by atoms with Gasteiger partial charge in [0, 0.05) is 31.2 Å². The van der Waals surface area contributed by atoms with Crippen LogP contribution >= 0.6 is 0 Å². The number of hydrogen-bond acceptors (Lipinski definition) is 3. The van der Waals surface area contributed by atoms with Gasteiger partial charge in [-0.2, -0.15) is 0 Å². The van der Waals surface area contributed by atoms with Gasteiger partial charge in [0.2, 0.25) is 0 Å². The van der Waals surface area contributed by atoms with E-state index in [1.54, 1.807) is 0 Å². The van der Waals surface area contributed by atoms with Crippen LogP contribution in [-0.4, -0.2) is 47.6 Å². The lowest BCUT2D eigenvalue weighted by Gasteiger charge is -2.44. The average Bonchev–Trinajstić information content (AvgIpc) is 2.46. The van der Waals surface area contributed by atoms with Crippen LogP contribution in [0.2, 0.25) is 0 Å². The van der Waals surface area contributed by atoms with E-state index in [2.05, 4.69) is 60.9 Å². The highest BCUT2D eigenvalue weighted by molar-refractivity contribution is 5.15. The summed E-state index contributed by atoms with van der Waals surface area (Å²) >= 11 is 0. The summed E-state index contributed by atoms with van der Waals surface area (Å²) in [6.45, 7) is 11.2. The Bertz CT molecular complexity index is 390. The van der Waals surface area contributed by atoms with E-state index < -0.39 is 0 Å². The largest absolute Gasteiger partial charge is 0.326 e. The zero-order chi connectivity index (χ0) is 14.5. The first-order chi connectivity index (χ1) is 9.61. The van der Waals surface area contributed by atoms with Crippen molar-refractivity contribution in [2.45, 2.75) is 51.9 Å². The molecule has 112 valence electrons. The van der Waals surface area contributed by atoms with Gasteiger partial charge in [-0.25, -0.2) is 0 Å². The highest BCUT2D eigenvalue weighted by Gasteiger charge is 2.31. The van der Waals surface area contributed by atoms with Crippen molar-refractivity contribution in [3.05, 3.63) is 35.9 Å². The second-order valence-electron chi connectivity index (χ2n) is 6.16. The van der Waals surface area contributed by atoms with Crippen molar-refractivity contribution in [2.75, 3.05) is 19.6 Å². The molecule has 0 bridgehead atoms. The third-order valence-electron chi connectivity index (χ3n) is 4.46. The number of piperidine rings is 1. The first-order valence-electron chi connectivity index (χ1n) is 7.89. The van der Waals surface area contributed by atoms with Gasteiger partial charge in [-0.3, -0.25) is 4.90 Å². The van der Waals surface area contributed by atoms with Gasteiger partial charge >= 0.3 is 0 Å². The van der Waals surface area contributed by atoms with Crippen molar-refractivity contribution < 1.29 is 0 Å². The summed E-state index contributed by atoms with van der Waals surface area (Å²) in [4.78, 5) is 5.09. The molecular formula is C17H29N3. The lowest BCUT2D eigenvalue weighted by molar-refractivity contribution is 0.0569. The molecule has 20 heavy (non-hydrogen) atoms. The van der Waals surface area contributed by atoms with Crippen LogP contribution in [0.5, 0.6) is 0 Å². The Hall–Kier alpha value is -0.900. The summed E-state index contributed by atoms with van der Waals surface area (Å²) in [5.41, 5.74) is 7.80. The van der Waals surface area contributed by atoms with Crippen LogP contribution in [0, 0.1) is 0 Å². The lowest BCUT2D eigenvalue weighted by atomic mass is 9.96. The van der Waals surface area contributed by atoms with Gasteiger partial charge in [0.15, 0.2) is 0 Å². The standard InChI is InChI=1S/C17H29N3/c1-4-19-11-10-16(18)17(13-19)20(14(2)3)12-15-8-6-5-7-9-15/h5-9,14,16-17H,4,10-13,18H2,1-3H3. The van der Waals surface area contributed by atoms with Gasteiger partial charge in [-0.05, 0) is 38.9 Å². The van der Waals surface area contributed by atoms with E-state index in [-0.39, 0.29) is 0 Å². The predicted molar refractivity (Wildman–Crippen MR) is 85.6 cm³/mol. The van der Waals surface area contributed by atoms with Crippen molar-refractivity contribution in [3.63, 3.8) is 0 Å². The van der Waals surface area contributed by atoms with E-state index in [0.717, 1.165) is 32.6 Å². The molecule has 0 spiro atoms. The summed E-state index contributed by atoms with van der Waals surface area (Å²) in [7, 11) is 0. The minimum atomic E-state index is 0.295. The molecule has 3 heteroatoms. The Kier molecular flexibility index (Phi) is 5.58. The van der Waals surface area contributed by atoms with E-state index in [4.69, 9.17) is 5.73 Å². The molecule has 1 aromatic rings. The topological polar surface area (TPSA) is 32.5 Å². The average molecular weight is 275 g/mol. The Morgan fingerprint density at radius 1 is 1.30 bits per heavy atom. The van der Waals surface area contributed by atoms with Crippen molar-refractivity contribution in [1.82, 2.24) is 9.80 Å². The first-order valence-corrected chi connectivity index (χ1v) is 7.89. The Morgan fingerprint density at radius 2 is 2.00 bits per heavy atom. The Morgan fingerprint density at radius 3 is 2.60 bits per heavy atom. The maximum Gasteiger partial charge on any atom is 0.0381 e. The van der Waals surface area contributed by atoms with Crippen molar-refractivity contribution in [2.24, 2.45) is 5.73 Å². The lowest BCUT2D eigenvalue weighted by Crippen LogP contribution is -2.59. The summed E-state index contributed by atoms with van der Waals surface area (Å²) in [6, 6.07) is 12.0. The monoisotopic (exact) mass is 275 g/mol. The molecule has 1 fully saturated rings. The number of nitrogens with zero attached hydrogens (tertiary/aromatic N) is 2. The summed E-state index contributed by atoms with van der Waals surface area (Å²) in [5.74, 6) is 0. The van der Waals surface area contributed by atoms with E-state index in [1.165, 1.54) is 5.56 Å². The highest BCUT2D eigenvalue weighted by atomic mass is 15.3. The minimum absolute atomic E-state index is 0.295. The predicted octanol–water partition coefficient (Wildman–Crippen LogP) is 2.32. The number of rotatable bonds is 5. The number of nitrogens with two attached hydrogens (primary N) is 1. The summed E-state index contributed by atoms with van der Waals surface area (Å²) < 4.78 is 0. The molecule has 2 unspecified atom stereocenters. The number of likely N-dealkylation sites (tertiary alicyclic amines) is 1. The van der Waals surface area contributed by atoms with Crippen molar-refractivity contribution in [3.8, 4) is 0 Å². The van der Waals surface area contributed by atoms with Gasteiger partial charge in [0.05, 0.1) is 0 Å². The van der Waals surface area contributed by atoms with Crippen LogP contribution in [0.15, 0.2) is 30.3 Å². The zero-order valence-corrected chi connectivity index (χ0v) is 13.1. The van der Waals surface area contributed by atoms with Gasteiger partial charge in [0.1, 0.15) is 0 Å². The number of benzene rings is 1. The molecule has 1 heterocycles. The number of likely N-dealkylation sites (N-methyl/N-ethyl adjacent to an activating group) is 1. The third kappa shape index (κ3) is 3.81. The maximum absolute atomic E-state index is 6.42. The summed E-state index contributed by atoms with van der Waals surface area (Å²) in [5, 5.41) is 0. The number of hydrogen-bond donors (Lipinski definition) is 1. The van der Waals surface area contributed by atoms with Crippen LogP contribution in [-0.2, 0) is 6.54 Å². The molecular weight excluding hydrogens is 246 g/mol. The molecule has 2 rings (SSSR count). The minimum Gasteiger partial charge on any atom is -0.326 e. The second-order valence-corrected chi connectivity index (χ2v) is 6.16. The van der Waals surface area contributed by atoms with Gasteiger partial charge < -0.3 is 10.6 Å². The zero-order valence-electron chi connectivity index (χ0n) is 13.1. The van der Waals surface area contributed by atoms with Gasteiger partial charge in [-0.15, -0.1) is 0 Å². The van der Waals surface area contributed by atoms with E-state index in [9.17, 15) is 0 Å². The normalized spacial score (nSPS) is 24.5. The molecule has 1 aliphatic heterocycles. The first kappa shape index (κ1) is 15.5. The van der Waals surface area contributed by atoms with Gasteiger partial charge in [0.25, 0.3) is 0 Å². The molecule has 0 aliphatic carbocycles. The fourth-order valence-corrected chi connectivity index (χ4v) is 3.13. The molecule has 0 radical (unpaired) electrons. The molecule has 0 aromatic heterocycles. The smallest absolute Gasteiger partial charge is 0.0381 e. The van der Waals surface area contributed by atoms with Crippen LogP contribution in [0.4, 0.5) is 0 Å². The van der Waals surface area contributed by atoms with Crippen LogP contribution in [0.3, 0.4) is 0 Å². The Labute approximate surface area is 123 Å². The quantitative estimate of drug-likeness (QED) is 0.895. The Balaban J connectivity index is 2.10. The molecule has 1 aliphatic rings. The molecule has 1 saturated heterocycles. The fraction of sp³-hybridized carbons (Fsp3) is 0.647. The van der Waals surface area contributed by atoms with E-state index in [1.807, 2.05) is 0 Å². The van der Waals surface area contributed by atoms with Crippen LogP contribution < -0.4 is 5.73 Å². The highest BCUT2D eigenvalue weighted by Crippen LogP contribution is 2.20. The van der Waals surface area contributed by atoms with Gasteiger partial charge in [-0.1, -0.05) is 37.3 Å². The van der Waals surface area contributed by atoms with Crippen LogP contribution in [0.1, 0.15) is 32.8 Å².